The molecule has 5 rings (SSSR count). The van der Waals surface area contributed by atoms with Gasteiger partial charge in [-0.15, -0.1) is 0 Å². The fourth-order valence-electron chi connectivity index (χ4n) is 4.68. The molecular weight excluding hydrogens is 437 g/mol. The van der Waals surface area contributed by atoms with E-state index in [-0.39, 0.29) is 18.2 Å². The minimum absolute atomic E-state index is 0.00988. The van der Waals surface area contributed by atoms with E-state index in [1.807, 2.05) is 13.0 Å². The van der Waals surface area contributed by atoms with Gasteiger partial charge in [-0.3, -0.25) is 4.79 Å². The van der Waals surface area contributed by atoms with Gasteiger partial charge in [0.25, 0.3) is 0 Å². The number of hydrogen-bond acceptors (Lipinski definition) is 5. The van der Waals surface area contributed by atoms with Gasteiger partial charge in [-0.25, -0.2) is 4.39 Å². The fraction of sp³-hybridized carbons (Fsp3) is 0.259. The van der Waals surface area contributed by atoms with Crippen LogP contribution in [-0.2, 0) is 11.2 Å². The summed E-state index contributed by atoms with van der Waals surface area (Å²) in [6.07, 6.45) is 0.731. The molecule has 172 valence electrons. The van der Waals surface area contributed by atoms with Gasteiger partial charge >= 0.3 is 5.97 Å². The molecule has 0 radical (unpaired) electrons. The van der Waals surface area contributed by atoms with Crippen molar-refractivity contribution >= 4 is 5.97 Å². The smallest absolute Gasteiger partial charge is 0.304 e. The van der Waals surface area contributed by atoms with Crippen LogP contribution in [0.15, 0.2) is 48.5 Å². The van der Waals surface area contributed by atoms with Crippen LogP contribution in [-0.4, -0.2) is 17.7 Å². The number of carbonyl (C=O) groups is 1. The van der Waals surface area contributed by atoms with Crippen molar-refractivity contribution in [2.24, 2.45) is 0 Å². The van der Waals surface area contributed by atoms with E-state index in [4.69, 9.17) is 24.6 Å². The number of carboxylic acids is 1. The molecule has 7 heteroatoms. The summed E-state index contributed by atoms with van der Waals surface area (Å²) in [7, 11) is 0. The van der Waals surface area contributed by atoms with Crippen molar-refractivity contribution in [1.29, 1.82) is 5.26 Å². The Morgan fingerprint density at radius 3 is 2.79 bits per heavy atom. The lowest BCUT2D eigenvalue weighted by atomic mass is 9.98. The second kappa shape index (κ2) is 8.71. The van der Waals surface area contributed by atoms with Gasteiger partial charge in [-0.1, -0.05) is 6.07 Å². The van der Waals surface area contributed by atoms with E-state index < -0.39 is 12.1 Å². The van der Waals surface area contributed by atoms with Crippen molar-refractivity contribution in [3.63, 3.8) is 0 Å². The van der Waals surface area contributed by atoms with Crippen molar-refractivity contribution in [3.8, 4) is 29.1 Å². The lowest BCUT2D eigenvalue weighted by Crippen LogP contribution is -2.07. The lowest BCUT2D eigenvalue weighted by Gasteiger charge is -2.17. The minimum atomic E-state index is -0.867. The summed E-state index contributed by atoms with van der Waals surface area (Å²) in [5.74, 6) is 0.907. The second-order valence-corrected chi connectivity index (χ2v) is 8.58. The van der Waals surface area contributed by atoms with Crippen molar-refractivity contribution in [2.75, 3.05) is 6.61 Å². The summed E-state index contributed by atoms with van der Waals surface area (Å²) in [5, 5.41) is 18.2. The summed E-state index contributed by atoms with van der Waals surface area (Å²) in [5.41, 5.74) is 3.49. The molecular formula is C27H22FNO5. The molecule has 0 fully saturated rings. The van der Waals surface area contributed by atoms with E-state index >= 15 is 0 Å². The Hall–Kier alpha value is -4.05. The summed E-state index contributed by atoms with van der Waals surface area (Å²) >= 11 is 0. The molecule has 2 atom stereocenters. The van der Waals surface area contributed by atoms with Crippen LogP contribution >= 0.6 is 0 Å². The number of aliphatic carboxylic acids is 1. The third-order valence-electron chi connectivity index (χ3n) is 6.35. The molecule has 1 aliphatic heterocycles. The predicted molar refractivity (Wildman–Crippen MR) is 121 cm³/mol. The molecule has 0 amide bonds. The van der Waals surface area contributed by atoms with Gasteiger partial charge in [0.2, 0.25) is 0 Å². The van der Waals surface area contributed by atoms with Gasteiger partial charge in [-0.2, -0.15) is 5.26 Å². The van der Waals surface area contributed by atoms with Crippen molar-refractivity contribution < 1.29 is 28.5 Å². The van der Waals surface area contributed by atoms with Crippen molar-refractivity contribution in [3.05, 3.63) is 82.2 Å². The molecule has 34 heavy (non-hydrogen) atoms. The number of ether oxygens (including phenoxy) is 3. The topological polar surface area (TPSA) is 88.8 Å². The molecule has 1 heterocycles. The molecule has 2 aliphatic rings. The normalized spacial score (nSPS) is 17.9. The first kappa shape index (κ1) is 21.8. The monoisotopic (exact) mass is 459 g/mol. The molecule has 1 N–H and O–H groups in total. The number of rotatable bonds is 6. The number of nitrogens with zero attached hydrogens (tertiary/aromatic N) is 1. The Bertz CT molecular complexity index is 1330. The van der Waals surface area contributed by atoms with Gasteiger partial charge in [0.1, 0.15) is 34.9 Å². The molecule has 0 saturated heterocycles. The standard InChI is InChI=1S/C27H22FNO5/c1-15-10-18(3-2-16(15)13-29)33-23-9-7-22(28)27-21(23)6-8-24(27)34-19-4-5-20-17(11-26(30)31)14-32-25(20)12-19/h2-5,7,9-10,12,17,24H,6,8,11,14H2,1H3,(H,30,31)/t17?,24-/m1/s1. The highest BCUT2D eigenvalue weighted by Gasteiger charge is 2.32. The fourth-order valence-corrected chi connectivity index (χ4v) is 4.68. The maximum Gasteiger partial charge on any atom is 0.304 e. The highest BCUT2D eigenvalue weighted by atomic mass is 19.1. The zero-order valence-corrected chi connectivity index (χ0v) is 18.5. The highest BCUT2D eigenvalue weighted by molar-refractivity contribution is 5.68. The Balaban J connectivity index is 1.37. The molecule has 3 aromatic rings. The van der Waals surface area contributed by atoms with Crippen LogP contribution in [0.5, 0.6) is 23.0 Å². The number of aryl methyl sites for hydroxylation is 1. The van der Waals surface area contributed by atoms with Crippen LogP contribution in [0.2, 0.25) is 0 Å². The summed E-state index contributed by atoms with van der Waals surface area (Å²) in [6.45, 7) is 2.16. The van der Waals surface area contributed by atoms with Crippen LogP contribution in [0.25, 0.3) is 0 Å². The van der Waals surface area contributed by atoms with E-state index in [1.165, 1.54) is 6.07 Å². The van der Waals surface area contributed by atoms with Gasteiger partial charge < -0.3 is 19.3 Å². The number of fused-ring (bicyclic) bond motifs is 2. The van der Waals surface area contributed by atoms with E-state index in [0.717, 1.165) is 16.7 Å². The average molecular weight is 459 g/mol. The molecule has 0 saturated carbocycles. The van der Waals surface area contributed by atoms with Gasteiger partial charge in [0.05, 0.1) is 24.7 Å². The Morgan fingerprint density at radius 1 is 1.21 bits per heavy atom. The first-order chi connectivity index (χ1) is 16.4. The summed E-state index contributed by atoms with van der Waals surface area (Å²) < 4.78 is 32.7. The van der Waals surface area contributed by atoms with Crippen LogP contribution < -0.4 is 14.2 Å². The number of carboxylic acid groups (broad SMARTS) is 1. The first-order valence-corrected chi connectivity index (χ1v) is 11.1. The quantitative estimate of drug-likeness (QED) is 0.500. The number of hydrogen-bond donors (Lipinski definition) is 1. The van der Waals surface area contributed by atoms with E-state index in [0.29, 0.717) is 53.6 Å². The molecule has 0 aromatic heterocycles. The van der Waals surface area contributed by atoms with Crippen LogP contribution in [0, 0.1) is 24.1 Å². The molecule has 6 nitrogen and oxygen atoms in total. The SMILES string of the molecule is Cc1cc(Oc2ccc(F)c3c2CC[C@H]3Oc2ccc3c(c2)OCC3CC(=O)O)ccc1C#N. The minimum Gasteiger partial charge on any atom is -0.492 e. The molecule has 0 spiro atoms. The highest BCUT2D eigenvalue weighted by Crippen LogP contribution is 2.44. The summed E-state index contributed by atoms with van der Waals surface area (Å²) in [4.78, 5) is 11.1. The van der Waals surface area contributed by atoms with Crippen LogP contribution in [0.4, 0.5) is 4.39 Å². The number of halogens is 1. The van der Waals surface area contributed by atoms with Gasteiger partial charge in [-0.05, 0) is 61.7 Å². The zero-order chi connectivity index (χ0) is 23.8. The number of benzene rings is 3. The van der Waals surface area contributed by atoms with Gasteiger partial charge in [0.15, 0.2) is 0 Å². The first-order valence-electron chi connectivity index (χ1n) is 11.1. The molecule has 0 bridgehead atoms. The van der Waals surface area contributed by atoms with Crippen LogP contribution in [0.3, 0.4) is 0 Å². The van der Waals surface area contributed by atoms with E-state index in [2.05, 4.69) is 6.07 Å². The maximum absolute atomic E-state index is 14.9. The Kier molecular flexibility index (Phi) is 5.58. The Morgan fingerprint density at radius 2 is 2.03 bits per heavy atom. The van der Waals surface area contributed by atoms with E-state index in [1.54, 1.807) is 36.4 Å². The number of nitriles is 1. The van der Waals surface area contributed by atoms with Crippen molar-refractivity contribution in [1.82, 2.24) is 0 Å². The summed E-state index contributed by atoms with van der Waals surface area (Å²) in [6, 6.07) is 15.7. The van der Waals surface area contributed by atoms with Crippen molar-refractivity contribution in [2.45, 2.75) is 38.2 Å². The third-order valence-corrected chi connectivity index (χ3v) is 6.35. The Labute approximate surface area is 196 Å². The second-order valence-electron chi connectivity index (χ2n) is 8.58. The molecule has 3 aromatic carbocycles. The third kappa shape index (κ3) is 4.03. The largest absolute Gasteiger partial charge is 0.492 e. The zero-order valence-electron chi connectivity index (χ0n) is 18.5. The molecule has 1 aliphatic carbocycles. The average Bonchev–Trinajstić information content (AvgIpc) is 3.40. The van der Waals surface area contributed by atoms with Crippen LogP contribution in [0.1, 0.15) is 52.7 Å². The maximum atomic E-state index is 14.9. The van der Waals surface area contributed by atoms with E-state index in [9.17, 15) is 9.18 Å². The van der Waals surface area contributed by atoms with Gasteiger partial charge in [0, 0.05) is 28.7 Å². The molecule has 1 unspecified atom stereocenters. The predicted octanol–water partition coefficient (Wildman–Crippen LogP) is 5.82. The lowest BCUT2D eigenvalue weighted by molar-refractivity contribution is -0.137.